The predicted octanol–water partition coefficient (Wildman–Crippen LogP) is 1.51. The first kappa shape index (κ1) is 13.8. The SMILES string of the molecule is NC(=O)NCCCOC(=O)c1ccc(I)cc1. The van der Waals surface area contributed by atoms with Crippen LogP contribution < -0.4 is 11.1 Å². The van der Waals surface area contributed by atoms with Gasteiger partial charge in [0, 0.05) is 10.1 Å². The smallest absolute Gasteiger partial charge is 0.338 e. The molecule has 0 radical (unpaired) electrons. The van der Waals surface area contributed by atoms with Crippen LogP contribution in [-0.4, -0.2) is 25.2 Å². The second kappa shape index (κ2) is 7.10. The van der Waals surface area contributed by atoms with E-state index < -0.39 is 6.03 Å². The molecule has 0 bridgehead atoms. The number of hydrogen-bond donors (Lipinski definition) is 2. The van der Waals surface area contributed by atoms with Gasteiger partial charge in [0.15, 0.2) is 0 Å². The molecule has 1 rings (SSSR count). The van der Waals surface area contributed by atoms with E-state index in [1.54, 1.807) is 12.1 Å². The molecule has 0 fully saturated rings. The van der Waals surface area contributed by atoms with Gasteiger partial charge in [-0.3, -0.25) is 0 Å². The number of amides is 2. The van der Waals surface area contributed by atoms with Crippen LogP contribution in [0.25, 0.3) is 0 Å². The summed E-state index contributed by atoms with van der Waals surface area (Å²) in [5, 5.41) is 2.41. The van der Waals surface area contributed by atoms with Crippen LogP contribution in [0.4, 0.5) is 4.79 Å². The lowest BCUT2D eigenvalue weighted by Gasteiger charge is -2.05. The second-order valence-corrected chi connectivity index (χ2v) is 4.53. The molecule has 0 saturated heterocycles. The Kier molecular flexibility index (Phi) is 5.75. The third-order valence-corrected chi connectivity index (χ3v) is 2.65. The molecule has 0 atom stereocenters. The van der Waals surface area contributed by atoms with Crippen molar-refractivity contribution in [1.82, 2.24) is 5.32 Å². The van der Waals surface area contributed by atoms with E-state index >= 15 is 0 Å². The summed E-state index contributed by atoms with van der Waals surface area (Å²) < 4.78 is 6.08. The summed E-state index contributed by atoms with van der Waals surface area (Å²) in [6.45, 7) is 0.653. The van der Waals surface area contributed by atoms with E-state index in [2.05, 4.69) is 27.9 Å². The third-order valence-electron chi connectivity index (χ3n) is 1.93. The molecule has 17 heavy (non-hydrogen) atoms. The molecule has 0 heterocycles. The van der Waals surface area contributed by atoms with Crippen molar-refractivity contribution in [2.75, 3.05) is 13.2 Å². The van der Waals surface area contributed by atoms with E-state index in [9.17, 15) is 9.59 Å². The minimum atomic E-state index is -0.575. The molecule has 0 aromatic heterocycles. The minimum Gasteiger partial charge on any atom is -0.462 e. The first-order chi connectivity index (χ1) is 8.09. The maximum Gasteiger partial charge on any atom is 0.338 e. The summed E-state index contributed by atoms with van der Waals surface area (Å²) in [7, 11) is 0. The molecule has 0 aliphatic rings. The zero-order valence-corrected chi connectivity index (χ0v) is 11.3. The van der Waals surface area contributed by atoms with Gasteiger partial charge in [-0.2, -0.15) is 0 Å². The molecule has 0 spiro atoms. The highest BCUT2D eigenvalue weighted by molar-refractivity contribution is 14.1. The van der Waals surface area contributed by atoms with Crippen LogP contribution in [0, 0.1) is 3.57 Å². The summed E-state index contributed by atoms with van der Waals surface area (Å²) in [6.07, 6.45) is 0.541. The topological polar surface area (TPSA) is 81.4 Å². The quantitative estimate of drug-likeness (QED) is 0.481. The molecule has 1 aromatic carbocycles. The number of benzene rings is 1. The van der Waals surface area contributed by atoms with E-state index in [0.29, 0.717) is 18.5 Å². The van der Waals surface area contributed by atoms with Crippen molar-refractivity contribution in [3.05, 3.63) is 33.4 Å². The average molecular weight is 348 g/mol. The Balaban J connectivity index is 2.25. The van der Waals surface area contributed by atoms with Gasteiger partial charge in [0.2, 0.25) is 0 Å². The van der Waals surface area contributed by atoms with Crippen molar-refractivity contribution in [2.24, 2.45) is 5.73 Å². The van der Waals surface area contributed by atoms with E-state index in [1.165, 1.54) is 0 Å². The number of esters is 1. The second-order valence-electron chi connectivity index (χ2n) is 3.29. The van der Waals surface area contributed by atoms with Crippen molar-refractivity contribution in [2.45, 2.75) is 6.42 Å². The largest absolute Gasteiger partial charge is 0.462 e. The molecule has 92 valence electrons. The number of ether oxygens (including phenoxy) is 1. The lowest BCUT2D eigenvalue weighted by Crippen LogP contribution is -2.30. The Morgan fingerprint density at radius 1 is 1.29 bits per heavy atom. The predicted molar refractivity (Wildman–Crippen MR) is 71.6 cm³/mol. The van der Waals surface area contributed by atoms with Crippen LogP contribution in [0.1, 0.15) is 16.8 Å². The lowest BCUT2D eigenvalue weighted by molar-refractivity contribution is 0.0501. The summed E-state index contributed by atoms with van der Waals surface area (Å²) in [6, 6.07) is 6.53. The maximum atomic E-state index is 11.5. The first-order valence-electron chi connectivity index (χ1n) is 5.05. The minimum absolute atomic E-state index is 0.255. The number of nitrogens with one attached hydrogen (secondary N) is 1. The van der Waals surface area contributed by atoms with Gasteiger partial charge in [-0.1, -0.05) is 0 Å². The molecular weight excluding hydrogens is 335 g/mol. The molecule has 1 aromatic rings. The Morgan fingerprint density at radius 3 is 2.53 bits per heavy atom. The molecule has 2 amide bonds. The van der Waals surface area contributed by atoms with Gasteiger partial charge in [0.05, 0.1) is 12.2 Å². The summed E-state index contributed by atoms with van der Waals surface area (Å²) in [5.41, 5.74) is 5.40. The van der Waals surface area contributed by atoms with Crippen LogP contribution in [0.2, 0.25) is 0 Å². The van der Waals surface area contributed by atoms with Crippen LogP contribution >= 0.6 is 22.6 Å². The van der Waals surface area contributed by atoms with E-state index in [-0.39, 0.29) is 12.6 Å². The molecule has 3 N–H and O–H groups in total. The van der Waals surface area contributed by atoms with Gasteiger partial charge >= 0.3 is 12.0 Å². The Morgan fingerprint density at radius 2 is 1.94 bits per heavy atom. The summed E-state index contributed by atoms with van der Waals surface area (Å²) in [5.74, 6) is -0.361. The van der Waals surface area contributed by atoms with Crippen molar-refractivity contribution < 1.29 is 14.3 Å². The fourth-order valence-corrected chi connectivity index (χ4v) is 1.48. The zero-order valence-electron chi connectivity index (χ0n) is 9.11. The fourth-order valence-electron chi connectivity index (χ4n) is 1.12. The Labute approximate surface area is 113 Å². The van der Waals surface area contributed by atoms with E-state index in [1.807, 2.05) is 12.1 Å². The average Bonchev–Trinajstić information content (AvgIpc) is 2.29. The number of halogens is 1. The molecule has 0 saturated carbocycles. The van der Waals surface area contributed by atoms with Gasteiger partial charge < -0.3 is 15.8 Å². The van der Waals surface area contributed by atoms with Crippen LogP contribution in [0.3, 0.4) is 0 Å². The highest BCUT2D eigenvalue weighted by Crippen LogP contribution is 2.07. The van der Waals surface area contributed by atoms with Crippen molar-refractivity contribution in [1.29, 1.82) is 0 Å². The Hall–Kier alpha value is -1.31. The standard InChI is InChI=1S/C11H13IN2O3/c12-9-4-2-8(3-5-9)10(15)17-7-1-6-14-11(13)16/h2-5H,1,6-7H2,(H3,13,14,16). The highest BCUT2D eigenvalue weighted by atomic mass is 127. The summed E-state index contributed by atoms with van der Waals surface area (Å²) >= 11 is 2.16. The lowest BCUT2D eigenvalue weighted by atomic mass is 10.2. The molecule has 5 nitrogen and oxygen atoms in total. The van der Waals surface area contributed by atoms with Crippen LogP contribution in [0.15, 0.2) is 24.3 Å². The van der Waals surface area contributed by atoms with Gasteiger partial charge in [-0.15, -0.1) is 0 Å². The van der Waals surface area contributed by atoms with Crippen molar-refractivity contribution in [3.63, 3.8) is 0 Å². The molecule has 0 unspecified atom stereocenters. The van der Waals surface area contributed by atoms with Crippen molar-refractivity contribution in [3.8, 4) is 0 Å². The van der Waals surface area contributed by atoms with Gasteiger partial charge in [0.25, 0.3) is 0 Å². The van der Waals surface area contributed by atoms with Gasteiger partial charge in [-0.25, -0.2) is 9.59 Å². The number of urea groups is 1. The maximum absolute atomic E-state index is 11.5. The number of carbonyl (C=O) groups excluding carboxylic acids is 2. The van der Waals surface area contributed by atoms with Gasteiger partial charge in [0.1, 0.15) is 0 Å². The van der Waals surface area contributed by atoms with Gasteiger partial charge in [-0.05, 0) is 53.3 Å². The molecule has 0 aliphatic heterocycles. The fraction of sp³-hybridized carbons (Fsp3) is 0.273. The van der Waals surface area contributed by atoms with Crippen LogP contribution in [-0.2, 0) is 4.74 Å². The Bertz CT molecular complexity index is 392. The number of carbonyl (C=O) groups is 2. The monoisotopic (exact) mass is 348 g/mol. The van der Waals surface area contributed by atoms with Crippen LogP contribution in [0.5, 0.6) is 0 Å². The molecular formula is C11H13IN2O3. The number of primary amides is 1. The first-order valence-corrected chi connectivity index (χ1v) is 6.13. The van der Waals surface area contributed by atoms with E-state index in [0.717, 1.165) is 3.57 Å². The number of nitrogens with two attached hydrogens (primary N) is 1. The van der Waals surface area contributed by atoms with Crippen molar-refractivity contribution >= 4 is 34.6 Å². The van der Waals surface area contributed by atoms with E-state index in [4.69, 9.17) is 10.5 Å². The third kappa shape index (κ3) is 5.53. The number of rotatable bonds is 5. The summed E-state index contributed by atoms with van der Waals surface area (Å²) in [4.78, 5) is 21.9. The zero-order chi connectivity index (χ0) is 12.7. The molecule has 0 aliphatic carbocycles. The normalized spacial score (nSPS) is 9.71. The number of hydrogen-bond acceptors (Lipinski definition) is 3. The molecule has 6 heteroatoms. The highest BCUT2D eigenvalue weighted by Gasteiger charge is 2.05.